The number of hydrogen-bond acceptors (Lipinski definition) is 4. The molecule has 0 saturated heterocycles. The Hall–Kier alpha value is -1.58. The Labute approximate surface area is 214 Å². The minimum absolute atomic E-state index is 0.176. The molecule has 7 heteroatoms. The molecule has 1 aromatic carbocycles. The summed E-state index contributed by atoms with van der Waals surface area (Å²) < 4.78 is 10.9. The minimum Gasteiger partial charge on any atom is -0.413 e. The monoisotopic (exact) mass is 578 g/mol. The highest BCUT2D eigenvalue weighted by Crippen LogP contribution is 2.29. The largest absolute Gasteiger partial charge is 0.413 e. The van der Waals surface area contributed by atoms with Gasteiger partial charge in [0.2, 0.25) is 0 Å². The Balaban J connectivity index is 2.22. The number of hydrogen-bond donors (Lipinski definition) is 0. The number of tetrazole rings is 1. The van der Waals surface area contributed by atoms with E-state index in [1.807, 2.05) is 35.0 Å². The van der Waals surface area contributed by atoms with Gasteiger partial charge >= 0.3 is 0 Å². The van der Waals surface area contributed by atoms with Crippen LogP contribution in [0, 0.1) is 5.92 Å². The van der Waals surface area contributed by atoms with Crippen LogP contribution in [0.1, 0.15) is 53.8 Å². The number of aromatic nitrogens is 4. The Morgan fingerprint density at radius 3 is 2.39 bits per heavy atom. The van der Waals surface area contributed by atoms with Crippen LogP contribution in [-0.2, 0) is 10.8 Å². The maximum atomic E-state index is 7.01. The van der Waals surface area contributed by atoms with Crippen molar-refractivity contribution < 1.29 is 4.43 Å². The predicted octanol–water partition coefficient (Wildman–Crippen LogP) is 7.46. The fourth-order valence-electron chi connectivity index (χ4n) is 4.10. The molecule has 2 rings (SSSR count). The molecule has 0 spiro atoms. The van der Waals surface area contributed by atoms with E-state index in [-0.39, 0.29) is 6.10 Å². The second-order valence-electron chi connectivity index (χ2n) is 8.76. The first-order chi connectivity index (χ1) is 15.9. The molecule has 5 nitrogen and oxygen atoms in total. The lowest BCUT2D eigenvalue weighted by Gasteiger charge is -2.36. The van der Waals surface area contributed by atoms with Gasteiger partial charge in [0.15, 0.2) is 14.1 Å². The van der Waals surface area contributed by atoms with Crippen LogP contribution in [0.3, 0.4) is 0 Å². The topological polar surface area (TPSA) is 52.8 Å². The molecule has 0 unspecified atom stereocenters. The van der Waals surface area contributed by atoms with Crippen molar-refractivity contribution in [2.24, 2.45) is 5.92 Å². The van der Waals surface area contributed by atoms with Crippen LogP contribution in [0.4, 0.5) is 0 Å². The first-order valence-electron chi connectivity index (χ1n) is 12.0. The standard InChI is InChI=1S/C26H39IN4OSi/c1-7-33(8-2,9-3)32-25(23(6)19-22(5)17-18-27)20-21(4)15-16-26-28-29-30-31(26)24-13-11-10-12-14-24/h10-15,17-19,23,25H,7-9,16,20H2,1-6H3/b18-17+,21-15+,22-19-/t23-,25-/m1/s1. The lowest BCUT2D eigenvalue weighted by molar-refractivity contribution is 0.150. The van der Waals surface area contributed by atoms with E-state index in [4.69, 9.17) is 4.43 Å². The molecule has 1 heterocycles. The summed E-state index contributed by atoms with van der Waals surface area (Å²) >= 11 is 2.28. The summed E-state index contributed by atoms with van der Waals surface area (Å²) in [6.07, 6.45) is 8.55. The highest BCUT2D eigenvalue weighted by atomic mass is 127. The van der Waals surface area contributed by atoms with E-state index in [0.29, 0.717) is 12.3 Å². The summed E-state index contributed by atoms with van der Waals surface area (Å²) in [5.74, 6) is 1.18. The number of nitrogens with zero attached hydrogens (tertiary/aromatic N) is 4. The zero-order valence-corrected chi connectivity index (χ0v) is 24.1. The summed E-state index contributed by atoms with van der Waals surface area (Å²) in [4.78, 5) is 0. The van der Waals surface area contributed by atoms with Gasteiger partial charge in [-0.05, 0) is 71.0 Å². The van der Waals surface area contributed by atoms with E-state index in [1.54, 1.807) is 0 Å². The molecule has 0 radical (unpaired) electrons. The Kier molecular flexibility index (Phi) is 11.7. The third-order valence-corrected chi connectivity index (χ3v) is 11.5. The number of para-hydroxylation sites is 1. The van der Waals surface area contributed by atoms with Crippen molar-refractivity contribution in [3.8, 4) is 5.69 Å². The summed E-state index contributed by atoms with van der Waals surface area (Å²) in [6.45, 7) is 13.6. The van der Waals surface area contributed by atoms with Crippen molar-refractivity contribution in [3.63, 3.8) is 0 Å². The van der Waals surface area contributed by atoms with Gasteiger partial charge in [0.05, 0.1) is 11.8 Å². The Morgan fingerprint density at radius 2 is 1.79 bits per heavy atom. The first kappa shape index (κ1) is 27.7. The Bertz CT molecular complexity index is 927. The molecule has 33 heavy (non-hydrogen) atoms. The van der Waals surface area contributed by atoms with Gasteiger partial charge in [-0.2, -0.15) is 4.68 Å². The molecular formula is C26H39IN4OSi. The van der Waals surface area contributed by atoms with E-state index < -0.39 is 8.32 Å². The highest BCUT2D eigenvalue weighted by molar-refractivity contribution is 14.1. The van der Waals surface area contributed by atoms with Gasteiger partial charge in [-0.15, -0.1) is 5.10 Å². The van der Waals surface area contributed by atoms with Crippen LogP contribution in [0.2, 0.25) is 18.1 Å². The molecule has 0 saturated carbocycles. The van der Waals surface area contributed by atoms with Crippen LogP contribution < -0.4 is 0 Å². The SMILES string of the molecule is CC[Si](CC)(CC)O[C@H](C/C(C)=C/Cc1nnnn1-c1ccccc1)[C@H](C)/C=C(C)\C=C\I. The van der Waals surface area contributed by atoms with E-state index in [9.17, 15) is 0 Å². The second-order valence-corrected chi connectivity index (χ2v) is 14.2. The summed E-state index contributed by atoms with van der Waals surface area (Å²) in [7, 11) is -1.72. The number of halogens is 1. The Morgan fingerprint density at radius 1 is 1.12 bits per heavy atom. The molecule has 180 valence electrons. The third-order valence-electron chi connectivity index (χ3n) is 6.46. The molecule has 2 aromatic rings. The summed E-state index contributed by atoms with van der Waals surface area (Å²) in [5, 5.41) is 12.3. The van der Waals surface area contributed by atoms with E-state index >= 15 is 0 Å². The minimum atomic E-state index is -1.72. The van der Waals surface area contributed by atoms with Crippen LogP contribution in [0.5, 0.6) is 0 Å². The van der Waals surface area contributed by atoms with E-state index in [2.05, 4.69) is 102 Å². The third kappa shape index (κ3) is 8.29. The molecule has 0 fully saturated rings. The highest BCUT2D eigenvalue weighted by Gasteiger charge is 2.33. The van der Waals surface area contributed by atoms with Crippen molar-refractivity contribution >= 4 is 30.9 Å². The van der Waals surface area contributed by atoms with Gasteiger partial charge in [0, 0.05) is 6.42 Å². The summed E-state index contributed by atoms with van der Waals surface area (Å²) in [5.41, 5.74) is 3.58. The van der Waals surface area contributed by atoms with Crippen molar-refractivity contribution in [1.29, 1.82) is 0 Å². The van der Waals surface area contributed by atoms with Crippen molar-refractivity contribution in [2.75, 3.05) is 0 Å². The molecule has 1 aromatic heterocycles. The fourth-order valence-corrected chi connectivity index (χ4v) is 7.61. The number of allylic oxidation sites excluding steroid dienone is 3. The zero-order valence-electron chi connectivity index (χ0n) is 21.0. The molecule has 0 aliphatic heterocycles. The molecular weight excluding hydrogens is 539 g/mol. The molecule has 0 bridgehead atoms. The van der Waals surface area contributed by atoms with Gasteiger partial charge < -0.3 is 4.43 Å². The maximum Gasteiger partial charge on any atom is 0.192 e. The van der Waals surface area contributed by atoms with E-state index in [0.717, 1.165) is 36.1 Å². The normalized spacial score (nSPS) is 15.2. The smallest absolute Gasteiger partial charge is 0.192 e. The molecule has 0 aliphatic rings. The predicted molar refractivity (Wildman–Crippen MR) is 149 cm³/mol. The summed E-state index contributed by atoms with van der Waals surface area (Å²) in [6, 6.07) is 13.5. The van der Waals surface area contributed by atoms with Gasteiger partial charge in [0.25, 0.3) is 0 Å². The van der Waals surface area contributed by atoms with Gasteiger partial charge in [0.1, 0.15) is 0 Å². The second kappa shape index (κ2) is 14.0. The van der Waals surface area contributed by atoms with E-state index in [1.165, 1.54) is 11.1 Å². The average molecular weight is 579 g/mol. The van der Waals surface area contributed by atoms with Crippen molar-refractivity contribution in [3.05, 3.63) is 69.6 Å². The number of benzene rings is 1. The first-order valence-corrected chi connectivity index (χ1v) is 15.8. The molecule has 0 aliphatic carbocycles. The van der Waals surface area contributed by atoms with Crippen LogP contribution in [0.15, 0.2) is 63.8 Å². The van der Waals surface area contributed by atoms with Gasteiger partial charge in [-0.3, -0.25) is 0 Å². The quantitative estimate of drug-likeness (QED) is 0.107. The lowest BCUT2D eigenvalue weighted by atomic mass is 9.96. The maximum absolute atomic E-state index is 7.01. The van der Waals surface area contributed by atoms with Gasteiger partial charge in [-0.1, -0.05) is 97.9 Å². The van der Waals surface area contributed by atoms with Gasteiger partial charge in [-0.25, -0.2) is 0 Å². The molecule has 0 N–H and O–H groups in total. The molecule has 0 amide bonds. The lowest BCUT2D eigenvalue weighted by Crippen LogP contribution is -2.42. The van der Waals surface area contributed by atoms with Crippen molar-refractivity contribution in [2.45, 2.75) is 78.6 Å². The van der Waals surface area contributed by atoms with Crippen LogP contribution in [0.25, 0.3) is 5.69 Å². The van der Waals surface area contributed by atoms with Crippen LogP contribution >= 0.6 is 22.6 Å². The van der Waals surface area contributed by atoms with Crippen molar-refractivity contribution in [1.82, 2.24) is 20.2 Å². The van der Waals surface area contributed by atoms with Crippen LogP contribution in [-0.4, -0.2) is 34.6 Å². The molecule has 2 atom stereocenters. The fraction of sp³-hybridized carbons (Fsp3) is 0.500. The number of rotatable bonds is 13. The average Bonchev–Trinajstić information content (AvgIpc) is 3.30. The zero-order chi connectivity index (χ0) is 24.3.